The molecule has 0 radical (unpaired) electrons. The van der Waals surface area contributed by atoms with Crippen molar-refractivity contribution in [1.82, 2.24) is 9.97 Å². The van der Waals surface area contributed by atoms with Gasteiger partial charge in [-0.15, -0.1) is 0 Å². The molecule has 1 aromatic heterocycles. The summed E-state index contributed by atoms with van der Waals surface area (Å²) < 4.78 is 0. The molecule has 0 spiro atoms. The molecule has 0 N–H and O–H groups in total. The Labute approximate surface area is 64.8 Å². The number of carbonyl (C=O) groups is 1. The number of hydrogen-bond donors (Lipinski definition) is 0. The topological polar surface area (TPSA) is 42.9 Å². The highest BCUT2D eigenvalue weighted by Crippen LogP contribution is 1.95. The molecule has 0 aliphatic carbocycles. The fourth-order valence-electron chi connectivity index (χ4n) is 0.627. The Morgan fingerprint density at radius 3 is 2.73 bits per heavy atom. The van der Waals surface area contributed by atoms with Crippen LogP contribution >= 0.6 is 0 Å². The molecule has 11 heavy (non-hydrogen) atoms. The number of hydrogen-bond acceptors (Lipinski definition) is 3. The van der Waals surface area contributed by atoms with Crippen LogP contribution in [0.2, 0.25) is 0 Å². The van der Waals surface area contributed by atoms with E-state index in [1.54, 1.807) is 18.5 Å². The van der Waals surface area contributed by atoms with Gasteiger partial charge in [0.2, 0.25) is 0 Å². The van der Waals surface area contributed by atoms with Crippen LogP contribution in [0, 0.1) is 6.92 Å². The molecule has 0 aromatic carbocycles. The van der Waals surface area contributed by atoms with Crippen molar-refractivity contribution in [2.75, 3.05) is 0 Å². The minimum atomic E-state index is 0.697. The van der Waals surface area contributed by atoms with Crippen molar-refractivity contribution in [2.45, 2.75) is 6.92 Å². The molecule has 3 heteroatoms. The van der Waals surface area contributed by atoms with Crippen LogP contribution < -0.4 is 0 Å². The van der Waals surface area contributed by atoms with Crippen molar-refractivity contribution in [2.24, 2.45) is 0 Å². The number of aldehydes is 1. The lowest BCUT2D eigenvalue weighted by Crippen LogP contribution is -1.85. The quantitative estimate of drug-likeness (QED) is 0.464. The smallest absolute Gasteiger partial charge is 0.142 e. The molecule has 0 amide bonds. The average molecular weight is 148 g/mol. The SMILES string of the molecule is Cc1cnc(C=CC=O)cn1. The molecular formula is C8H8N2O. The lowest BCUT2D eigenvalue weighted by molar-refractivity contribution is -0.104. The Balaban J connectivity index is 2.81. The molecule has 0 fully saturated rings. The largest absolute Gasteiger partial charge is 0.299 e. The maximum Gasteiger partial charge on any atom is 0.142 e. The number of aromatic nitrogens is 2. The molecule has 0 saturated carbocycles. The van der Waals surface area contributed by atoms with Gasteiger partial charge in [0.15, 0.2) is 0 Å². The molecule has 56 valence electrons. The fraction of sp³-hybridized carbons (Fsp3) is 0.125. The minimum absolute atomic E-state index is 0.697. The van der Waals surface area contributed by atoms with E-state index in [1.807, 2.05) is 6.92 Å². The number of aryl methyl sites for hydroxylation is 1. The molecule has 0 saturated heterocycles. The second-order valence-corrected chi connectivity index (χ2v) is 2.08. The van der Waals surface area contributed by atoms with Gasteiger partial charge in [0.05, 0.1) is 17.6 Å². The first-order valence-corrected chi connectivity index (χ1v) is 3.23. The predicted octanol–water partition coefficient (Wildman–Crippen LogP) is 0.997. The second kappa shape index (κ2) is 3.61. The molecular weight excluding hydrogens is 140 g/mol. The maximum absolute atomic E-state index is 9.91. The first-order chi connectivity index (χ1) is 5.33. The highest BCUT2D eigenvalue weighted by molar-refractivity contribution is 5.72. The maximum atomic E-state index is 9.91. The van der Waals surface area contributed by atoms with Gasteiger partial charge < -0.3 is 0 Å². The lowest BCUT2D eigenvalue weighted by atomic mass is 10.4. The van der Waals surface area contributed by atoms with Crippen molar-refractivity contribution in [3.8, 4) is 0 Å². The molecule has 0 aliphatic heterocycles. The van der Waals surface area contributed by atoms with Gasteiger partial charge >= 0.3 is 0 Å². The van der Waals surface area contributed by atoms with Crippen molar-refractivity contribution < 1.29 is 4.79 Å². The second-order valence-electron chi connectivity index (χ2n) is 2.08. The van der Waals surface area contributed by atoms with Gasteiger partial charge in [-0.2, -0.15) is 0 Å². The molecule has 1 aromatic rings. The Bertz CT molecular complexity index is 264. The highest BCUT2D eigenvalue weighted by Gasteiger charge is 1.86. The van der Waals surface area contributed by atoms with Crippen LogP contribution in [0.4, 0.5) is 0 Å². The molecule has 3 nitrogen and oxygen atoms in total. The van der Waals surface area contributed by atoms with Gasteiger partial charge in [-0.3, -0.25) is 14.8 Å². The van der Waals surface area contributed by atoms with E-state index in [-0.39, 0.29) is 0 Å². The average Bonchev–Trinajstić information content (AvgIpc) is 2.04. The van der Waals surface area contributed by atoms with E-state index in [0.29, 0.717) is 12.0 Å². The van der Waals surface area contributed by atoms with Gasteiger partial charge in [-0.05, 0) is 19.1 Å². The third kappa shape index (κ3) is 2.29. The van der Waals surface area contributed by atoms with E-state index in [2.05, 4.69) is 9.97 Å². The number of rotatable bonds is 2. The Morgan fingerprint density at radius 1 is 1.36 bits per heavy atom. The Morgan fingerprint density at radius 2 is 2.18 bits per heavy atom. The first kappa shape index (κ1) is 7.60. The summed E-state index contributed by atoms with van der Waals surface area (Å²) in [5, 5.41) is 0. The monoisotopic (exact) mass is 148 g/mol. The fourth-order valence-corrected chi connectivity index (χ4v) is 0.627. The summed E-state index contributed by atoms with van der Waals surface area (Å²) in [4.78, 5) is 17.9. The summed E-state index contributed by atoms with van der Waals surface area (Å²) in [6.07, 6.45) is 6.99. The van der Waals surface area contributed by atoms with Gasteiger partial charge in [-0.25, -0.2) is 0 Å². The van der Waals surface area contributed by atoms with E-state index in [9.17, 15) is 4.79 Å². The standard InChI is InChI=1S/C8H8N2O/c1-7-5-10-8(6-9-7)3-2-4-11/h2-6H,1H3. The van der Waals surface area contributed by atoms with Crippen molar-refractivity contribution in [3.05, 3.63) is 29.9 Å². The molecule has 1 rings (SSSR count). The van der Waals surface area contributed by atoms with Gasteiger partial charge in [0.25, 0.3) is 0 Å². The summed E-state index contributed by atoms with van der Waals surface area (Å²) >= 11 is 0. The lowest BCUT2D eigenvalue weighted by Gasteiger charge is -1.90. The van der Waals surface area contributed by atoms with Crippen LogP contribution in [0.1, 0.15) is 11.4 Å². The highest BCUT2D eigenvalue weighted by atomic mass is 16.1. The first-order valence-electron chi connectivity index (χ1n) is 3.23. The van der Waals surface area contributed by atoms with E-state index in [1.165, 1.54) is 6.08 Å². The number of carbonyl (C=O) groups excluding carboxylic acids is 1. The van der Waals surface area contributed by atoms with Crippen LogP contribution in [-0.4, -0.2) is 16.3 Å². The predicted molar refractivity (Wildman–Crippen MR) is 41.9 cm³/mol. The molecule has 0 bridgehead atoms. The number of allylic oxidation sites excluding steroid dienone is 1. The van der Waals surface area contributed by atoms with Gasteiger partial charge in [0.1, 0.15) is 6.29 Å². The van der Waals surface area contributed by atoms with E-state index in [4.69, 9.17) is 0 Å². The van der Waals surface area contributed by atoms with E-state index >= 15 is 0 Å². The molecule has 0 atom stereocenters. The summed E-state index contributed by atoms with van der Waals surface area (Å²) in [6.45, 7) is 1.86. The molecule has 0 aliphatic rings. The summed E-state index contributed by atoms with van der Waals surface area (Å²) in [7, 11) is 0. The van der Waals surface area contributed by atoms with Gasteiger partial charge in [-0.1, -0.05) is 0 Å². The van der Waals surface area contributed by atoms with Crippen molar-refractivity contribution in [1.29, 1.82) is 0 Å². The molecule has 0 unspecified atom stereocenters. The zero-order valence-electron chi connectivity index (χ0n) is 6.19. The minimum Gasteiger partial charge on any atom is -0.299 e. The molecule has 1 heterocycles. The van der Waals surface area contributed by atoms with Crippen molar-refractivity contribution >= 4 is 12.4 Å². The third-order valence-electron chi connectivity index (χ3n) is 1.15. The zero-order valence-corrected chi connectivity index (χ0v) is 6.19. The third-order valence-corrected chi connectivity index (χ3v) is 1.15. The van der Waals surface area contributed by atoms with Crippen LogP contribution in [0.3, 0.4) is 0 Å². The van der Waals surface area contributed by atoms with Crippen LogP contribution in [0.15, 0.2) is 18.5 Å². The van der Waals surface area contributed by atoms with E-state index < -0.39 is 0 Å². The Kier molecular flexibility index (Phi) is 2.49. The van der Waals surface area contributed by atoms with Crippen LogP contribution in [0.25, 0.3) is 6.08 Å². The van der Waals surface area contributed by atoms with Crippen LogP contribution in [-0.2, 0) is 4.79 Å². The van der Waals surface area contributed by atoms with Crippen molar-refractivity contribution in [3.63, 3.8) is 0 Å². The van der Waals surface area contributed by atoms with Gasteiger partial charge in [0, 0.05) is 6.20 Å². The summed E-state index contributed by atoms with van der Waals surface area (Å²) in [5.41, 5.74) is 1.57. The summed E-state index contributed by atoms with van der Waals surface area (Å²) in [5.74, 6) is 0. The van der Waals surface area contributed by atoms with Crippen LogP contribution in [0.5, 0.6) is 0 Å². The zero-order chi connectivity index (χ0) is 8.10. The van der Waals surface area contributed by atoms with E-state index in [0.717, 1.165) is 5.69 Å². The normalized spacial score (nSPS) is 10.3. The number of nitrogens with zero attached hydrogens (tertiary/aromatic N) is 2. The Hall–Kier alpha value is -1.51. The summed E-state index contributed by atoms with van der Waals surface area (Å²) in [6, 6.07) is 0.